The van der Waals surface area contributed by atoms with E-state index in [1.54, 1.807) is 0 Å². The van der Waals surface area contributed by atoms with Crippen molar-refractivity contribution < 1.29 is 13.2 Å². The Bertz CT molecular complexity index is 548. The summed E-state index contributed by atoms with van der Waals surface area (Å²) >= 11 is 5.92. The van der Waals surface area contributed by atoms with Crippen molar-refractivity contribution in [1.29, 1.82) is 0 Å². The number of rotatable bonds is 6. The van der Waals surface area contributed by atoms with Crippen LogP contribution in [0.3, 0.4) is 0 Å². The minimum absolute atomic E-state index is 0.0756. The highest BCUT2D eigenvalue weighted by atomic mass is 35.5. The first kappa shape index (κ1) is 14.6. The lowest BCUT2D eigenvalue weighted by atomic mass is 10.1. The maximum atomic E-state index is 10.9. The average Bonchev–Trinajstić information content (AvgIpc) is 2.68. The molecule has 7 heteroatoms. The molecular formula is C12H17ClN2O3S. The van der Waals surface area contributed by atoms with Gasteiger partial charge in [-0.15, -0.1) is 0 Å². The summed E-state index contributed by atoms with van der Waals surface area (Å²) in [4.78, 5) is 0. The Morgan fingerprint density at radius 2 is 2.21 bits per heavy atom. The maximum absolute atomic E-state index is 10.9. The van der Waals surface area contributed by atoms with Crippen molar-refractivity contribution in [3.63, 3.8) is 0 Å². The molecule has 0 bridgehead atoms. The van der Waals surface area contributed by atoms with Gasteiger partial charge in [0, 0.05) is 31.1 Å². The van der Waals surface area contributed by atoms with Gasteiger partial charge in [-0.25, -0.2) is 13.1 Å². The van der Waals surface area contributed by atoms with Crippen LogP contribution in [0.15, 0.2) is 18.2 Å². The quantitative estimate of drug-likeness (QED) is 0.762. The summed E-state index contributed by atoms with van der Waals surface area (Å²) in [5.41, 5.74) is 1.12. The van der Waals surface area contributed by atoms with Gasteiger partial charge in [0.2, 0.25) is 10.0 Å². The molecule has 0 saturated heterocycles. The summed E-state index contributed by atoms with van der Waals surface area (Å²) in [6.07, 6.45) is 2.04. The summed E-state index contributed by atoms with van der Waals surface area (Å²) in [7, 11) is -3.11. The van der Waals surface area contributed by atoms with Gasteiger partial charge in [-0.2, -0.15) is 0 Å². The van der Waals surface area contributed by atoms with Crippen molar-refractivity contribution in [2.75, 3.05) is 25.9 Å². The zero-order chi connectivity index (χ0) is 13.9. The Balaban J connectivity index is 1.70. The molecule has 106 valence electrons. The number of nitrogens with one attached hydrogen (secondary N) is 2. The van der Waals surface area contributed by atoms with Crippen LogP contribution in [0, 0.1) is 0 Å². The van der Waals surface area contributed by atoms with Crippen molar-refractivity contribution in [3.8, 4) is 5.75 Å². The van der Waals surface area contributed by atoms with Crippen molar-refractivity contribution in [2.24, 2.45) is 0 Å². The average molecular weight is 305 g/mol. The van der Waals surface area contributed by atoms with Gasteiger partial charge in [-0.1, -0.05) is 11.6 Å². The van der Waals surface area contributed by atoms with Gasteiger partial charge in [0.15, 0.2) is 0 Å². The molecule has 0 spiro atoms. The Morgan fingerprint density at radius 1 is 1.42 bits per heavy atom. The van der Waals surface area contributed by atoms with E-state index in [-0.39, 0.29) is 6.10 Å². The van der Waals surface area contributed by atoms with E-state index in [0.717, 1.165) is 24.0 Å². The zero-order valence-electron chi connectivity index (χ0n) is 10.6. The molecule has 0 amide bonds. The Labute approximate surface area is 118 Å². The normalized spacial score (nSPS) is 18.1. The molecule has 1 heterocycles. The minimum Gasteiger partial charge on any atom is -0.488 e. The third kappa shape index (κ3) is 4.65. The molecule has 0 radical (unpaired) electrons. The highest BCUT2D eigenvalue weighted by Crippen LogP contribution is 2.30. The molecule has 0 aromatic heterocycles. The van der Waals surface area contributed by atoms with Crippen LogP contribution >= 0.6 is 11.6 Å². The van der Waals surface area contributed by atoms with E-state index in [1.165, 1.54) is 0 Å². The Hall–Kier alpha value is -0.820. The predicted octanol–water partition coefficient (Wildman–Crippen LogP) is 0.782. The molecule has 5 nitrogen and oxygen atoms in total. The summed E-state index contributed by atoms with van der Waals surface area (Å²) in [5.74, 6) is 0.880. The molecule has 1 aromatic rings. The molecule has 19 heavy (non-hydrogen) atoms. The Kier molecular flexibility index (Phi) is 4.67. The molecule has 0 saturated carbocycles. The van der Waals surface area contributed by atoms with E-state index in [4.69, 9.17) is 16.3 Å². The van der Waals surface area contributed by atoms with Crippen LogP contribution in [0.2, 0.25) is 5.02 Å². The monoisotopic (exact) mass is 304 g/mol. The third-order valence-corrected chi connectivity index (χ3v) is 3.77. The first-order chi connectivity index (χ1) is 8.94. The molecule has 1 unspecified atom stereocenters. The Morgan fingerprint density at radius 3 is 2.95 bits per heavy atom. The lowest BCUT2D eigenvalue weighted by Crippen LogP contribution is -2.36. The lowest BCUT2D eigenvalue weighted by Gasteiger charge is -2.11. The fourth-order valence-electron chi connectivity index (χ4n) is 1.99. The van der Waals surface area contributed by atoms with Crippen LogP contribution in [0.5, 0.6) is 5.75 Å². The second kappa shape index (κ2) is 6.09. The molecular weight excluding hydrogens is 288 g/mol. The number of hydrogen-bond acceptors (Lipinski definition) is 4. The number of sulfonamides is 1. The number of benzene rings is 1. The molecule has 0 aliphatic carbocycles. The number of fused-ring (bicyclic) bond motifs is 1. The third-order valence-electron chi connectivity index (χ3n) is 2.80. The van der Waals surface area contributed by atoms with Crippen molar-refractivity contribution in [3.05, 3.63) is 28.8 Å². The standard InChI is InChI=1S/C12H17ClN2O3S/c1-19(16,17)15-5-4-14-8-11-7-9-6-10(13)2-3-12(9)18-11/h2-3,6,11,14-15H,4-5,7-8H2,1H3. The largest absolute Gasteiger partial charge is 0.488 e. The summed E-state index contributed by atoms with van der Waals surface area (Å²) in [5, 5.41) is 3.88. The molecule has 2 N–H and O–H groups in total. The van der Waals surface area contributed by atoms with Crippen molar-refractivity contribution in [1.82, 2.24) is 10.0 Å². The molecule has 1 aliphatic heterocycles. The SMILES string of the molecule is CS(=O)(=O)NCCNCC1Cc2cc(Cl)ccc2O1. The maximum Gasteiger partial charge on any atom is 0.208 e. The van der Waals surface area contributed by atoms with E-state index in [1.807, 2.05) is 18.2 Å². The molecule has 0 fully saturated rings. The van der Waals surface area contributed by atoms with Gasteiger partial charge >= 0.3 is 0 Å². The van der Waals surface area contributed by atoms with Crippen LogP contribution in [0.4, 0.5) is 0 Å². The number of ether oxygens (including phenoxy) is 1. The van der Waals surface area contributed by atoms with E-state index in [2.05, 4.69) is 10.0 Å². The highest BCUT2D eigenvalue weighted by Gasteiger charge is 2.22. The smallest absolute Gasteiger partial charge is 0.208 e. The number of hydrogen-bond donors (Lipinski definition) is 2. The summed E-state index contributed by atoms with van der Waals surface area (Å²) in [6.45, 7) is 1.63. The number of halogens is 1. The summed E-state index contributed by atoms with van der Waals surface area (Å²) < 4.78 is 29.9. The van der Waals surface area contributed by atoms with Gasteiger partial charge in [-0.05, 0) is 23.8 Å². The highest BCUT2D eigenvalue weighted by molar-refractivity contribution is 7.88. The van der Waals surface area contributed by atoms with Crippen molar-refractivity contribution in [2.45, 2.75) is 12.5 Å². The topological polar surface area (TPSA) is 67.4 Å². The van der Waals surface area contributed by atoms with Crippen molar-refractivity contribution >= 4 is 21.6 Å². The van der Waals surface area contributed by atoms with Gasteiger partial charge in [0.05, 0.1) is 6.26 Å². The van der Waals surface area contributed by atoms with E-state index >= 15 is 0 Å². The first-order valence-corrected chi connectivity index (χ1v) is 8.31. The molecule has 2 rings (SSSR count). The molecule has 1 aliphatic rings. The first-order valence-electron chi connectivity index (χ1n) is 6.04. The van der Waals surface area contributed by atoms with Gasteiger partial charge in [0.1, 0.15) is 11.9 Å². The lowest BCUT2D eigenvalue weighted by molar-refractivity contribution is 0.228. The van der Waals surface area contributed by atoms with Crippen LogP contribution in [-0.4, -0.2) is 40.4 Å². The van der Waals surface area contributed by atoms with Gasteiger partial charge < -0.3 is 10.1 Å². The van der Waals surface area contributed by atoms with Crippen LogP contribution in [0.25, 0.3) is 0 Å². The fourth-order valence-corrected chi connectivity index (χ4v) is 2.66. The van der Waals surface area contributed by atoms with Crippen LogP contribution in [0.1, 0.15) is 5.56 Å². The second-order valence-corrected chi connectivity index (χ2v) is 6.84. The van der Waals surface area contributed by atoms with Crippen LogP contribution in [-0.2, 0) is 16.4 Å². The van der Waals surface area contributed by atoms with Gasteiger partial charge in [-0.3, -0.25) is 0 Å². The van der Waals surface area contributed by atoms with Gasteiger partial charge in [0.25, 0.3) is 0 Å². The minimum atomic E-state index is -3.11. The zero-order valence-corrected chi connectivity index (χ0v) is 12.2. The van der Waals surface area contributed by atoms with E-state index in [9.17, 15) is 8.42 Å². The van der Waals surface area contributed by atoms with E-state index in [0.29, 0.717) is 24.7 Å². The fraction of sp³-hybridized carbons (Fsp3) is 0.500. The summed E-state index contributed by atoms with van der Waals surface area (Å²) in [6, 6.07) is 5.61. The predicted molar refractivity (Wildman–Crippen MR) is 75.3 cm³/mol. The second-order valence-electron chi connectivity index (χ2n) is 4.57. The van der Waals surface area contributed by atoms with E-state index < -0.39 is 10.0 Å². The van der Waals surface area contributed by atoms with Crippen LogP contribution < -0.4 is 14.8 Å². The molecule has 1 aromatic carbocycles. The molecule has 1 atom stereocenters.